The second-order valence-corrected chi connectivity index (χ2v) is 18.0. The molecule has 1 aliphatic carbocycles. The highest BCUT2D eigenvalue weighted by Gasteiger charge is 2.40. The minimum atomic E-state index is -2.87. The Labute approximate surface area is 367 Å². The predicted molar refractivity (Wildman–Crippen MR) is 230 cm³/mol. The van der Waals surface area contributed by atoms with Gasteiger partial charge in [-0.05, 0) is 75.0 Å². The Morgan fingerprint density at radius 1 is 1.08 bits per heavy atom. The molecule has 5 fully saturated rings. The minimum Gasteiger partial charge on any atom is -0.374 e. The zero-order valence-electron chi connectivity index (χ0n) is 35.8. The van der Waals surface area contributed by atoms with Crippen molar-refractivity contribution in [3.63, 3.8) is 0 Å². The van der Waals surface area contributed by atoms with E-state index in [1.165, 1.54) is 26.0 Å². The molecular formula is C45H51F2N11O6. The number of carbonyl (C=O) groups is 3. The number of nitrogens with one attached hydrogen (secondary N) is 2. The van der Waals surface area contributed by atoms with Crippen molar-refractivity contribution in [2.45, 2.75) is 95.0 Å². The van der Waals surface area contributed by atoms with E-state index in [0.717, 1.165) is 70.5 Å². The van der Waals surface area contributed by atoms with Gasteiger partial charge in [-0.2, -0.15) is 10.2 Å². The number of aromatic nitrogens is 7. The fourth-order valence-electron chi connectivity index (χ4n) is 10.5. The van der Waals surface area contributed by atoms with Crippen molar-refractivity contribution in [2.75, 3.05) is 49.6 Å². The molecule has 2 bridgehead atoms. The number of rotatable bonds is 10. The summed E-state index contributed by atoms with van der Waals surface area (Å²) in [6.45, 7) is 6.55. The lowest BCUT2D eigenvalue weighted by molar-refractivity contribution is -0.135. The van der Waals surface area contributed by atoms with Gasteiger partial charge in [0.15, 0.2) is 11.3 Å². The average Bonchev–Trinajstić information content (AvgIpc) is 4.13. The molecule has 2 N–H and O–H groups in total. The van der Waals surface area contributed by atoms with Crippen LogP contribution >= 0.6 is 0 Å². The second-order valence-electron chi connectivity index (χ2n) is 18.0. The molecule has 4 saturated heterocycles. The molecule has 1 unspecified atom stereocenters. The number of benzene rings is 1. The normalized spacial score (nSPS) is 26.2. The first-order chi connectivity index (χ1) is 31.0. The molecule has 5 aliphatic rings. The van der Waals surface area contributed by atoms with Crippen LogP contribution in [0, 0.1) is 23.7 Å². The first kappa shape index (κ1) is 42.0. The molecule has 17 nitrogen and oxygen atoms in total. The smallest absolute Gasteiger partial charge is 0.329 e. The number of hydrogen-bond acceptors (Lipinski definition) is 11. The number of alkyl halides is 2. The molecule has 0 spiro atoms. The van der Waals surface area contributed by atoms with Gasteiger partial charge in [-0.25, -0.2) is 23.1 Å². The molecule has 64 heavy (non-hydrogen) atoms. The van der Waals surface area contributed by atoms with Crippen LogP contribution in [-0.4, -0.2) is 114 Å². The number of ether oxygens (including phenoxy) is 2. The van der Waals surface area contributed by atoms with Gasteiger partial charge in [0.25, 0.3) is 12.3 Å². The summed E-state index contributed by atoms with van der Waals surface area (Å²) >= 11 is 0. The number of aryl methyl sites for hydroxylation is 1. The van der Waals surface area contributed by atoms with Crippen molar-refractivity contribution in [1.82, 2.24) is 43.7 Å². The summed E-state index contributed by atoms with van der Waals surface area (Å²) in [7, 11) is 1.66. The number of morpholine rings is 1. The Bertz CT molecular complexity index is 2740. The van der Waals surface area contributed by atoms with Crippen LogP contribution in [-0.2, 0) is 26.1 Å². The Morgan fingerprint density at radius 2 is 1.92 bits per heavy atom. The molecule has 5 aromatic rings. The van der Waals surface area contributed by atoms with Crippen molar-refractivity contribution in [1.29, 1.82) is 0 Å². The largest absolute Gasteiger partial charge is 0.374 e. The van der Waals surface area contributed by atoms with E-state index >= 15 is 0 Å². The van der Waals surface area contributed by atoms with E-state index in [1.54, 1.807) is 24.0 Å². The molecule has 5 atom stereocenters. The first-order valence-corrected chi connectivity index (χ1v) is 22.3. The van der Waals surface area contributed by atoms with Gasteiger partial charge in [0.1, 0.15) is 24.0 Å². The van der Waals surface area contributed by atoms with Crippen molar-refractivity contribution in [2.24, 2.45) is 18.9 Å². The molecule has 10 rings (SSSR count). The number of anilines is 2. The Morgan fingerprint density at radius 3 is 2.67 bits per heavy atom. The zero-order chi connectivity index (χ0) is 44.2. The lowest BCUT2D eigenvalue weighted by Gasteiger charge is -2.39. The number of piperidine rings is 2. The molecule has 4 aromatic heterocycles. The number of hydrogen-bond donors (Lipinski definition) is 2. The number of carbonyl (C=O) groups excluding carboxylic acids is 3. The number of amides is 3. The Balaban J connectivity index is 0.711. The van der Waals surface area contributed by atoms with Crippen LogP contribution < -0.4 is 21.2 Å². The van der Waals surface area contributed by atoms with E-state index in [2.05, 4.69) is 49.4 Å². The number of halogens is 2. The molecule has 0 radical (unpaired) electrons. The summed E-state index contributed by atoms with van der Waals surface area (Å²) < 4.78 is 46.7. The molecular weight excluding hydrogens is 829 g/mol. The fraction of sp³-hybridized carbons (Fsp3) is 0.533. The zero-order valence-corrected chi connectivity index (χ0v) is 35.8. The summed E-state index contributed by atoms with van der Waals surface area (Å²) in [5.41, 5.74) is 1.62. The van der Waals surface area contributed by atoms with E-state index in [1.807, 2.05) is 18.2 Å². The van der Waals surface area contributed by atoms with Crippen LogP contribution in [0.2, 0.25) is 0 Å². The topological polar surface area (TPSA) is 175 Å². The number of imidazole rings is 1. The molecule has 336 valence electrons. The third-order valence-corrected chi connectivity index (χ3v) is 13.8. The quantitative estimate of drug-likeness (QED) is 0.152. The van der Waals surface area contributed by atoms with E-state index < -0.39 is 30.0 Å². The second kappa shape index (κ2) is 17.2. The number of likely N-dealkylation sites (tertiary alicyclic amines) is 1. The summed E-state index contributed by atoms with van der Waals surface area (Å²) in [6.07, 6.45) is 7.77. The highest BCUT2D eigenvalue weighted by atomic mass is 19.3. The van der Waals surface area contributed by atoms with Gasteiger partial charge in [0.05, 0.1) is 59.4 Å². The van der Waals surface area contributed by atoms with Crippen molar-refractivity contribution in [3.8, 4) is 11.8 Å². The van der Waals surface area contributed by atoms with E-state index in [-0.39, 0.29) is 72.5 Å². The van der Waals surface area contributed by atoms with Gasteiger partial charge in [-0.15, -0.1) is 0 Å². The predicted octanol–water partition coefficient (Wildman–Crippen LogP) is 4.23. The third-order valence-electron chi connectivity index (χ3n) is 13.8. The van der Waals surface area contributed by atoms with Gasteiger partial charge < -0.3 is 24.6 Å². The maximum Gasteiger partial charge on any atom is 0.329 e. The Kier molecular flexibility index (Phi) is 11.3. The molecule has 1 saturated carbocycles. The maximum atomic E-state index is 14.3. The van der Waals surface area contributed by atoms with Crippen LogP contribution in [0.5, 0.6) is 0 Å². The lowest BCUT2D eigenvalue weighted by Crippen LogP contribution is -2.45. The van der Waals surface area contributed by atoms with Crippen LogP contribution in [0.25, 0.3) is 16.7 Å². The monoisotopic (exact) mass is 879 g/mol. The van der Waals surface area contributed by atoms with Crippen molar-refractivity contribution >= 4 is 45.9 Å². The number of imide groups is 1. The van der Waals surface area contributed by atoms with Crippen molar-refractivity contribution in [3.05, 3.63) is 70.2 Å². The SMILES string of the molecule is C[C@H]1CN(C[C@H]2CC[C@H](n3cc(NC(=O)c4cnn5ccc(N6C[C@H]7C[C@@H]6CO7)nc45)c(C(F)F)n3)CC2)CC[C@H]1OCC#Cc1cccc2c1n(C)c(=O)n2C1CCC(=O)NC1=O. The highest BCUT2D eigenvalue weighted by molar-refractivity contribution is 6.08. The van der Waals surface area contributed by atoms with Gasteiger partial charge in [0.2, 0.25) is 11.8 Å². The van der Waals surface area contributed by atoms with E-state index in [4.69, 9.17) is 14.5 Å². The van der Waals surface area contributed by atoms with E-state index in [0.29, 0.717) is 34.8 Å². The van der Waals surface area contributed by atoms with Gasteiger partial charge in [-0.1, -0.05) is 24.8 Å². The maximum absolute atomic E-state index is 14.3. The summed E-state index contributed by atoms with van der Waals surface area (Å²) in [6, 6.07) is 6.73. The molecule has 4 aliphatic heterocycles. The van der Waals surface area contributed by atoms with Crippen LogP contribution in [0.15, 0.2) is 47.7 Å². The summed E-state index contributed by atoms with van der Waals surface area (Å²) in [5.74, 6) is 6.42. The summed E-state index contributed by atoms with van der Waals surface area (Å²) in [5, 5.41) is 13.6. The van der Waals surface area contributed by atoms with Gasteiger partial charge in [0, 0.05) is 52.0 Å². The van der Waals surface area contributed by atoms with Gasteiger partial charge >= 0.3 is 5.69 Å². The van der Waals surface area contributed by atoms with Crippen LogP contribution in [0.4, 0.5) is 20.3 Å². The Hall–Kier alpha value is -5.97. The third kappa shape index (κ3) is 7.96. The number of nitrogens with zero attached hydrogens (tertiary/aromatic N) is 9. The first-order valence-electron chi connectivity index (χ1n) is 22.3. The highest BCUT2D eigenvalue weighted by Crippen LogP contribution is 2.37. The van der Waals surface area contributed by atoms with Crippen LogP contribution in [0.3, 0.4) is 0 Å². The average molecular weight is 880 g/mol. The van der Waals surface area contributed by atoms with Crippen molar-refractivity contribution < 1.29 is 32.6 Å². The number of fused-ring (bicyclic) bond motifs is 4. The fourth-order valence-corrected chi connectivity index (χ4v) is 10.5. The molecule has 3 amide bonds. The minimum absolute atomic E-state index is 0.0114. The van der Waals surface area contributed by atoms with E-state index in [9.17, 15) is 28.0 Å². The molecule has 1 aromatic carbocycles. The molecule has 19 heteroatoms. The number of para-hydroxylation sites is 1. The molecule has 8 heterocycles. The van der Waals surface area contributed by atoms with Gasteiger partial charge in [-0.3, -0.25) is 33.5 Å². The lowest BCUT2D eigenvalue weighted by atomic mass is 9.85. The summed E-state index contributed by atoms with van der Waals surface area (Å²) in [4.78, 5) is 60.6. The standard InChI is InChI=1S/C45H51F2N11O6/c1-26-21-54(16-14-36(26)63-18-4-6-28-5-3-7-34-40(28)53(2)45(62)58(34)35-12-13-38(59)51-44(35)61)22-27-8-10-29(11-9-27)57-24-33(39(52-57)41(46)47)49-43(60)32-20-48-56-17-15-37(50-42(32)56)55-23-31-19-30(55)25-64-31/h3,5,7,15,17,20,24,26-27,29-31,35-36,41H,8-14,16,18-19,21-23,25H2,1-2H3,(H,49,60)(H,51,59,61)/t26-,27-,29-,30+,31+,35?,36+/m0/s1. The van der Waals surface area contributed by atoms with Crippen LogP contribution in [0.1, 0.15) is 98.4 Å².